The third-order valence-electron chi connectivity index (χ3n) is 2.65. The first kappa shape index (κ1) is 14.0. The van der Waals surface area contributed by atoms with Crippen LogP contribution in [0, 0.1) is 0 Å². The number of para-hydroxylation sites is 2. The summed E-state index contributed by atoms with van der Waals surface area (Å²) < 4.78 is 5.66. The molecule has 20 heavy (non-hydrogen) atoms. The molecule has 0 saturated heterocycles. The SMILES string of the molecule is CC(=O)Nc1ccccc1Oc1cc(C(C)O)ccn1. The molecule has 0 saturated carbocycles. The standard InChI is InChI=1S/C15H16N2O3/c1-10(18)12-7-8-16-15(9-12)20-14-6-4-3-5-13(14)17-11(2)19/h3-10,18H,1-2H3,(H,17,19). The van der Waals surface area contributed by atoms with Crippen molar-refractivity contribution in [2.75, 3.05) is 5.32 Å². The van der Waals surface area contributed by atoms with Gasteiger partial charge in [0, 0.05) is 19.2 Å². The number of hydrogen-bond donors (Lipinski definition) is 2. The number of aromatic nitrogens is 1. The number of hydrogen-bond acceptors (Lipinski definition) is 4. The number of rotatable bonds is 4. The zero-order valence-electron chi connectivity index (χ0n) is 11.3. The van der Waals surface area contributed by atoms with Crippen molar-refractivity contribution >= 4 is 11.6 Å². The quantitative estimate of drug-likeness (QED) is 0.897. The maximum Gasteiger partial charge on any atom is 0.221 e. The monoisotopic (exact) mass is 272 g/mol. The van der Waals surface area contributed by atoms with Crippen molar-refractivity contribution in [2.24, 2.45) is 0 Å². The van der Waals surface area contributed by atoms with Crippen LogP contribution < -0.4 is 10.1 Å². The van der Waals surface area contributed by atoms with Gasteiger partial charge in [-0.2, -0.15) is 0 Å². The summed E-state index contributed by atoms with van der Waals surface area (Å²) in [7, 11) is 0. The van der Waals surface area contributed by atoms with Crippen molar-refractivity contribution in [1.82, 2.24) is 4.98 Å². The number of carbonyl (C=O) groups is 1. The number of nitrogens with zero attached hydrogens (tertiary/aromatic N) is 1. The van der Waals surface area contributed by atoms with Gasteiger partial charge >= 0.3 is 0 Å². The first-order chi connectivity index (χ1) is 9.56. The topological polar surface area (TPSA) is 71.5 Å². The van der Waals surface area contributed by atoms with Crippen molar-refractivity contribution in [1.29, 1.82) is 0 Å². The molecule has 0 bridgehead atoms. The third-order valence-corrected chi connectivity index (χ3v) is 2.65. The molecule has 1 heterocycles. The molecule has 0 radical (unpaired) electrons. The normalized spacial score (nSPS) is 11.8. The zero-order chi connectivity index (χ0) is 14.5. The summed E-state index contributed by atoms with van der Waals surface area (Å²) in [5.74, 6) is 0.686. The lowest BCUT2D eigenvalue weighted by atomic mass is 10.2. The van der Waals surface area contributed by atoms with Gasteiger partial charge in [0.2, 0.25) is 11.8 Å². The lowest BCUT2D eigenvalue weighted by Crippen LogP contribution is -2.07. The van der Waals surface area contributed by atoms with Gasteiger partial charge in [0.1, 0.15) is 0 Å². The Balaban J connectivity index is 2.25. The fourth-order valence-electron chi connectivity index (χ4n) is 1.70. The number of ether oxygens (including phenoxy) is 1. The second-order valence-corrected chi connectivity index (χ2v) is 4.38. The van der Waals surface area contributed by atoms with E-state index in [1.165, 1.54) is 6.92 Å². The van der Waals surface area contributed by atoms with Crippen LogP contribution in [0.3, 0.4) is 0 Å². The molecule has 104 valence electrons. The van der Waals surface area contributed by atoms with E-state index in [4.69, 9.17) is 4.74 Å². The largest absolute Gasteiger partial charge is 0.437 e. The fraction of sp³-hybridized carbons (Fsp3) is 0.200. The number of carbonyl (C=O) groups excluding carboxylic acids is 1. The average Bonchev–Trinajstić information content (AvgIpc) is 2.41. The van der Waals surface area contributed by atoms with E-state index in [0.717, 1.165) is 0 Å². The Bertz CT molecular complexity index is 612. The molecular weight excluding hydrogens is 256 g/mol. The predicted octanol–water partition coefficient (Wildman–Crippen LogP) is 2.89. The van der Waals surface area contributed by atoms with Crippen molar-refractivity contribution in [3.8, 4) is 11.6 Å². The Morgan fingerprint density at radius 1 is 1.35 bits per heavy atom. The molecule has 2 N–H and O–H groups in total. The minimum absolute atomic E-state index is 0.174. The molecule has 1 aromatic carbocycles. The number of benzene rings is 1. The summed E-state index contributed by atoms with van der Waals surface area (Å²) >= 11 is 0. The molecule has 5 heteroatoms. The first-order valence-corrected chi connectivity index (χ1v) is 6.25. The number of amides is 1. The maximum atomic E-state index is 11.1. The Labute approximate surface area is 117 Å². The summed E-state index contributed by atoms with van der Waals surface area (Å²) in [6.45, 7) is 3.10. The number of anilines is 1. The predicted molar refractivity (Wildman–Crippen MR) is 75.7 cm³/mol. The molecule has 2 aromatic rings. The van der Waals surface area contributed by atoms with Crippen LogP contribution in [0.2, 0.25) is 0 Å². The first-order valence-electron chi connectivity index (χ1n) is 6.25. The minimum atomic E-state index is -0.592. The number of aliphatic hydroxyl groups excluding tert-OH is 1. The molecule has 1 unspecified atom stereocenters. The number of aliphatic hydroxyl groups is 1. The molecule has 0 aliphatic heterocycles. The Hall–Kier alpha value is -2.40. The van der Waals surface area contributed by atoms with Crippen molar-refractivity contribution in [3.05, 3.63) is 48.2 Å². The molecule has 1 atom stereocenters. The van der Waals surface area contributed by atoms with Gasteiger partial charge in [-0.3, -0.25) is 4.79 Å². The van der Waals surface area contributed by atoms with Crippen LogP contribution in [0.4, 0.5) is 5.69 Å². The molecule has 0 aliphatic rings. The van der Waals surface area contributed by atoms with Gasteiger partial charge in [-0.15, -0.1) is 0 Å². The van der Waals surface area contributed by atoms with Crippen LogP contribution in [0.25, 0.3) is 0 Å². The lowest BCUT2D eigenvalue weighted by molar-refractivity contribution is -0.114. The molecule has 2 rings (SSSR count). The fourth-order valence-corrected chi connectivity index (χ4v) is 1.70. The van der Waals surface area contributed by atoms with E-state index in [0.29, 0.717) is 22.9 Å². The number of nitrogens with one attached hydrogen (secondary N) is 1. The van der Waals surface area contributed by atoms with Gasteiger partial charge < -0.3 is 15.2 Å². The number of pyridine rings is 1. The van der Waals surface area contributed by atoms with Crippen molar-refractivity contribution < 1.29 is 14.6 Å². The molecular formula is C15H16N2O3. The van der Waals surface area contributed by atoms with Gasteiger partial charge in [0.05, 0.1) is 11.8 Å². The maximum absolute atomic E-state index is 11.1. The summed E-state index contributed by atoms with van der Waals surface area (Å²) in [5.41, 5.74) is 1.29. The van der Waals surface area contributed by atoms with Gasteiger partial charge in [0.25, 0.3) is 0 Å². The van der Waals surface area contributed by atoms with Crippen LogP contribution in [0.5, 0.6) is 11.6 Å². The molecule has 1 amide bonds. The Kier molecular flexibility index (Phi) is 4.32. The van der Waals surface area contributed by atoms with Crippen LogP contribution in [-0.2, 0) is 4.79 Å². The summed E-state index contributed by atoms with van der Waals surface area (Å²) in [6, 6.07) is 10.5. The van der Waals surface area contributed by atoms with Crippen LogP contribution >= 0.6 is 0 Å². The van der Waals surface area contributed by atoms with Crippen LogP contribution in [0.15, 0.2) is 42.6 Å². The molecule has 5 nitrogen and oxygen atoms in total. The van der Waals surface area contributed by atoms with E-state index in [1.54, 1.807) is 49.5 Å². The highest BCUT2D eigenvalue weighted by molar-refractivity contribution is 5.90. The van der Waals surface area contributed by atoms with Crippen LogP contribution in [0.1, 0.15) is 25.5 Å². The Morgan fingerprint density at radius 3 is 2.80 bits per heavy atom. The highest BCUT2D eigenvalue weighted by Gasteiger charge is 2.08. The lowest BCUT2D eigenvalue weighted by Gasteiger charge is -2.11. The van der Waals surface area contributed by atoms with Crippen LogP contribution in [-0.4, -0.2) is 16.0 Å². The highest BCUT2D eigenvalue weighted by Crippen LogP contribution is 2.29. The summed E-state index contributed by atoms with van der Waals surface area (Å²) in [4.78, 5) is 15.2. The Morgan fingerprint density at radius 2 is 2.10 bits per heavy atom. The summed E-state index contributed by atoms with van der Waals surface area (Å²) in [6.07, 6.45) is 0.976. The van der Waals surface area contributed by atoms with Crippen molar-refractivity contribution in [3.63, 3.8) is 0 Å². The van der Waals surface area contributed by atoms with E-state index in [-0.39, 0.29) is 5.91 Å². The van der Waals surface area contributed by atoms with Crippen molar-refractivity contribution in [2.45, 2.75) is 20.0 Å². The van der Waals surface area contributed by atoms with E-state index in [1.807, 2.05) is 0 Å². The zero-order valence-corrected chi connectivity index (χ0v) is 11.3. The van der Waals surface area contributed by atoms with Gasteiger partial charge in [-0.25, -0.2) is 4.98 Å². The third kappa shape index (κ3) is 3.55. The molecule has 0 aliphatic carbocycles. The van der Waals surface area contributed by atoms with Gasteiger partial charge in [-0.05, 0) is 30.7 Å². The smallest absolute Gasteiger partial charge is 0.221 e. The van der Waals surface area contributed by atoms with E-state index < -0.39 is 6.10 Å². The molecule has 0 fully saturated rings. The van der Waals surface area contributed by atoms with E-state index >= 15 is 0 Å². The van der Waals surface area contributed by atoms with Gasteiger partial charge in [-0.1, -0.05) is 12.1 Å². The highest BCUT2D eigenvalue weighted by atomic mass is 16.5. The second-order valence-electron chi connectivity index (χ2n) is 4.38. The van der Waals surface area contributed by atoms with E-state index in [2.05, 4.69) is 10.3 Å². The van der Waals surface area contributed by atoms with E-state index in [9.17, 15) is 9.90 Å². The average molecular weight is 272 g/mol. The molecule has 0 spiro atoms. The van der Waals surface area contributed by atoms with Gasteiger partial charge in [0.15, 0.2) is 5.75 Å². The minimum Gasteiger partial charge on any atom is -0.437 e. The second kappa shape index (κ2) is 6.16. The summed E-state index contributed by atoms with van der Waals surface area (Å²) in [5, 5.41) is 12.2. The molecule has 1 aromatic heterocycles.